The summed E-state index contributed by atoms with van der Waals surface area (Å²) in [6, 6.07) is 24.6. The molecule has 0 saturated carbocycles. The summed E-state index contributed by atoms with van der Waals surface area (Å²) >= 11 is 7.67. The van der Waals surface area contributed by atoms with Crippen molar-refractivity contribution in [2.75, 3.05) is 19.3 Å². The molecule has 0 bridgehead atoms. The lowest BCUT2D eigenvalue weighted by Crippen LogP contribution is -2.32. The van der Waals surface area contributed by atoms with Crippen molar-refractivity contribution in [3.05, 3.63) is 100 Å². The molecule has 1 N–H and O–H groups in total. The predicted molar refractivity (Wildman–Crippen MR) is 135 cm³/mol. The van der Waals surface area contributed by atoms with Gasteiger partial charge in [-0.15, -0.1) is 11.8 Å². The maximum Gasteiger partial charge on any atom is 0.251 e. The number of carbonyl (C=O) groups excluding carboxylic acids is 1. The summed E-state index contributed by atoms with van der Waals surface area (Å²) in [5.74, 6) is 0.546. The molecule has 0 aromatic heterocycles. The van der Waals surface area contributed by atoms with Crippen molar-refractivity contribution in [1.82, 2.24) is 10.2 Å². The van der Waals surface area contributed by atoms with Gasteiger partial charge in [0.05, 0.1) is 0 Å². The zero-order valence-corrected chi connectivity index (χ0v) is 20.0. The third-order valence-electron chi connectivity index (χ3n) is 6.13. The number of benzene rings is 3. The van der Waals surface area contributed by atoms with Crippen LogP contribution in [0, 0.1) is 0 Å². The zero-order chi connectivity index (χ0) is 22.3. The summed E-state index contributed by atoms with van der Waals surface area (Å²) in [4.78, 5) is 16.2. The van der Waals surface area contributed by atoms with Crippen LogP contribution < -0.4 is 5.32 Å². The molecule has 166 valence electrons. The minimum atomic E-state index is -0.0291. The van der Waals surface area contributed by atoms with E-state index in [9.17, 15) is 4.79 Å². The Labute approximate surface area is 200 Å². The zero-order valence-electron chi connectivity index (χ0n) is 18.4. The summed E-state index contributed by atoms with van der Waals surface area (Å²) in [5.41, 5.74) is 4.55. The van der Waals surface area contributed by atoms with Crippen molar-refractivity contribution in [2.45, 2.75) is 36.7 Å². The van der Waals surface area contributed by atoms with Crippen LogP contribution >= 0.6 is 23.4 Å². The van der Waals surface area contributed by atoms with Crippen LogP contribution in [0.3, 0.4) is 0 Å². The van der Waals surface area contributed by atoms with Gasteiger partial charge in [-0.25, -0.2) is 0 Å². The number of nitrogens with one attached hydrogen (secondary N) is 1. The molecule has 0 unspecified atom stereocenters. The van der Waals surface area contributed by atoms with Gasteiger partial charge >= 0.3 is 0 Å². The van der Waals surface area contributed by atoms with Crippen LogP contribution in [0.25, 0.3) is 0 Å². The number of likely N-dealkylation sites (tertiary alicyclic amines) is 1. The first-order chi connectivity index (χ1) is 15.6. The van der Waals surface area contributed by atoms with E-state index in [1.54, 1.807) is 11.8 Å². The van der Waals surface area contributed by atoms with Crippen LogP contribution in [-0.4, -0.2) is 30.2 Å². The Bertz CT molecular complexity index is 1030. The van der Waals surface area contributed by atoms with E-state index in [0.717, 1.165) is 48.0 Å². The topological polar surface area (TPSA) is 32.3 Å². The Kier molecular flexibility index (Phi) is 7.90. The van der Waals surface area contributed by atoms with Crippen LogP contribution in [0.4, 0.5) is 0 Å². The van der Waals surface area contributed by atoms with Crippen LogP contribution in [0.15, 0.2) is 77.7 Å². The Morgan fingerprint density at radius 3 is 2.41 bits per heavy atom. The number of hydrogen-bond acceptors (Lipinski definition) is 3. The second-order valence-electron chi connectivity index (χ2n) is 8.33. The highest BCUT2D eigenvalue weighted by molar-refractivity contribution is 7.98. The van der Waals surface area contributed by atoms with E-state index in [0.29, 0.717) is 18.0 Å². The SMILES string of the molecule is CSc1ccc(C(=O)NCc2cccc(C3CCN(Cc4ccc(Cl)cc4)CC3)c2)cc1. The first-order valence-corrected chi connectivity index (χ1v) is 12.7. The Morgan fingerprint density at radius 1 is 1.00 bits per heavy atom. The number of rotatable bonds is 7. The van der Waals surface area contributed by atoms with Gasteiger partial charge in [-0.05, 0) is 91.2 Å². The molecule has 3 aromatic rings. The van der Waals surface area contributed by atoms with E-state index in [2.05, 4.69) is 46.6 Å². The number of hydrogen-bond donors (Lipinski definition) is 1. The molecule has 32 heavy (non-hydrogen) atoms. The normalized spacial score (nSPS) is 14.9. The van der Waals surface area contributed by atoms with Crippen molar-refractivity contribution in [3.63, 3.8) is 0 Å². The average Bonchev–Trinajstić information content (AvgIpc) is 2.85. The Hall–Kier alpha value is -2.27. The molecule has 3 nitrogen and oxygen atoms in total. The van der Waals surface area contributed by atoms with Gasteiger partial charge in [0, 0.05) is 28.6 Å². The number of thioether (sulfide) groups is 1. The number of piperidine rings is 1. The highest BCUT2D eigenvalue weighted by atomic mass is 35.5. The van der Waals surface area contributed by atoms with Gasteiger partial charge in [0.25, 0.3) is 5.91 Å². The van der Waals surface area contributed by atoms with Crippen molar-refractivity contribution < 1.29 is 4.79 Å². The third kappa shape index (κ3) is 6.16. The van der Waals surface area contributed by atoms with Gasteiger partial charge in [-0.3, -0.25) is 9.69 Å². The molecule has 1 fully saturated rings. The number of nitrogens with zero attached hydrogens (tertiary/aromatic N) is 1. The second-order valence-corrected chi connectivity index (χ2v) is 9.65. The number of halogens is 1. The van der Waals surface area contributed by atoms with Crippen LogP contribution in [-0.2, 0) is 13.1 Å². The molecule has 1 saturated heterocycles. The molecule has 4 rings (SSSR count). The average molecular weight is 465 g/mol. The van der Waals surface area contributed by atoms with E-state index in [-0.39, 0.29) is 5.91 Å². The maximum atomic E-state index is 12.5. The van der Waals surface area contributed by atoms with Crippen molar-refractivity contribution in [1.29, 1.82) is 0 Å². The van der Waals surface area contributed by atoms with E-state index < -0.39 is 0 Å². The van der Waals surface area contributed by atoms with E-state index in [4.69, 9.17) is 11.6 Å². The lowest BCUT2D eigenvalue weighted by molar-refractivity contribution is 0.0951. The molecule has 1 aliphatic heterocycles. The van der Waals surface area contributed by atoms with Crippen LogP contribution in [0.5, 0.6) is 0 Å². The standard InChI is InChI=1S/C27H29ClN2OS/c1-32-26-11-7-23(8-12-26)27(31)29-18-21-3-2-4-24(17-21)22-13-15-30(16-14-22)19-20-5-9-25(28)10-6-20/h2-12,17,22H,13-16,18-19H2,1H3,(H,29,31). The van der Waals surface area contributed by atoms with E-state index >= 15 is 0 Å². The Balaban J connectivity index is 1.29. The van der Waals surface area contributed by atoms with Gasteiger partial charge in [0.15, 0.2) is 0 Å². The minimum absolute atomic E-state index is 0.0291. The summed E-state index contributed by atoms with van der Waals surface area (Å²) in [6.07, 6.45) is 4.35. The van der Waals surface area contributed by atoms with Gasteiger partial charge in [-0.1, -0.05) is 48.0 Å². The first-order valence-electron chi connectivity index (χ1n) is 11.1. The highest BCUT2D eigenvalue weighted by Crippen LogP contribution is 2.29. The smallest absolute Gasteiger partial charge is 0.251 e. The largest absolute Gasteiger partial charge is 0.348 e. The molecule has 1 aliphatic rings. The van der Waals surface area contributed by atoms with Crippen LogP contribution in [0.2, 0.25) is 5.02 Å². The van der Waals surface area contributed by atoms with Gasteiger partial charge in [-0.2, -0.15) is 0 Å². The van der Waals surface area contributed by atoms with Crippen molar-refractivity contribution in [2.24, 2.45) is 0 Å². The summed E-state index contributed by atoms with van der Waals surface area (Å²) in [5, 5.41) is 3.85. The summed E-state index contributed by atoms with van der Waals surface area (Å²) in [6.45, 7) is 3.72. The minimum Gasteiger partial charge on any atom is -0.348 e. The maximum absolute atomic E-state index is 12.5. The number of amides is 1. The second kappa shape index (κ2) is 11.0. The fraction of sp³-hybridized carbons (Fsp3) is 0.296. The van der Waals surface area contributed by atoms with Crippen LogP contribution in [0.1, 0.15) is 45.8 Å². The monoisotopic (exact) mass is 464 g/mol. The molecule has 0 spiro atoms. The fourth-order valence-corrected chi connectivity index (χ4v) is 4.79. The lowest BCUT2D eigenvalue weighted by atomic mass is 9.88. The lowest BCUT2D eigenvalue weighted by Gasteiger charge is -2.32. The fourth-order valence-electron chi connectivity index (χ4n) is 4.26. The molecular formula is C27H29ClN2OS. The molecule has 0 atom stereocenters. The van der Waals surface area contributed by atoms with Gasteiger partial charge < -0.3 is 5.32 Å². The molecule has 0 aliphatic carbocycles. The third-order valence-corrected chi connectivity index (χ3v) is 7.13. The molecule has 5 heteroatoms. The van der Waals surface area contributed by atoms with Crippen molar-refractivity contribution >= 4 is 29.3 Å². The number of carbonyl (C=O) groups is 1. The predicted octanol–water partition coefficient (Wildman–Crippen LogP) is 6.37. The molecular weight excluding hydrogens is 436 g/mol. The quantitative estimate of drug-likeness (QED) is 0.412. The molecule has 1 heterocycles. The van der Waals surface area contributed by atoms with E-state index in [1.165, 1.54) is 11.1 Å². The van der Waals surface area contributed by atoms with Gasteiger partial charge in [0.1, 0.15) is 0 Å². The summed E-state index contributed by atoms with van der Waals surface area (Å²) in [7, 11) is 0. The summed E-state index contributed by atoms with van der Waals surface area (Å²) < 4.78 is 0. The molecule has 0 radical (unpaired) electrons. The molecule has 1 amide bonds. The van der Waals surface area contributed by atoms with Gasteiger partial charge in [0.2, 0.25) is 0 Å². The molecule has 3 aromatic carbocycles. The van der Waals surface area contributed by atoms with Crippen molar-refractivity contribution in [3.8, 4) is 0 Å². The highest BCUT2D eigenvalue weighted by Gasteiger charge is 2.21. The Morgan fingerprint density at radius 2 is 1.72 bits per heavy atom. The van der Waals surface area contributed by atoms with E-state index in [1.807, 2.05) is 42.7 Å². The first kappa shape index (κ1) is 22.9.